The summed E-state index contributed by atoms with van der Waals surface area (Å²) in [5, 5.41) is 0. The van der Waals surface area contributed by atoms with Crippen molar-refractivity contribution in [2.45, 2.75) is 45.9 Å². The molecule has 7 heteroatoms. The number of hydrogen-bond donors (Lipinski definition) is 0. The van der Waals surface area contributed by atoms with Crippen LogP contribution < -0.4 is 4.90 Å². The SMILES string of the molecule is C=C/C(=C\C=C(/C)OCC(C)(C)F)O[C@@H]1CCN(c2cnc(C)nc2)C1=O. The highest BCUT2D eigenvalue weighted by Gasteiger charge is 2.34. The molecule has 27 heavy (non-hydrogen) atoms. The third kappa shape index (κ3) is 6.20. The Balaban J connectivity index is 1.98. The molecule has 2 rings (SSSR count). The van der Waals surface area contributed by atoms with Crippen LogP contribution >= 0.6 is 0 Å². The zero-order valence-corrected chi connectivity index (χ0v) is 16.2. The number of rotatable bonds is 8. The van der Waals surface area contributed by atoms with E-state index in [1.807, 2.05) is 0 Å². The highest BCUT2D eigenvalue weighted by Crippen LogP contribution is 2.23. The van der Waals surface area contributed by atoms with Gasteiger partial charge in [0.15, 0.2) is 6.10 Å². The molecule has 0 saturated carbocycles. The Morgan fingerprint density at radius 3 is 2.67 bits per heavy atom. The summed E-state index contributed by atoms with van der Waals surface area (Å²) in [6, 6.07) is 0. The average molecular weight is 375 g/mol. The molecule has 6 nitrogen and oxygen atoms in total. The highest BCUT2D eigenvalue weighted by atomic mass is 19.1. The van der Waals surface area contributed by atoms with Crippen LogP contribution in [0.4, 0.5) is 10.1 Å². The molecule has 0 aromatic carbocycles. The monoisotopic (exact) mass is 375 g/mol. The maximum absolute atomic E-state index is 13.5. The molecule has 0 bridgehead atoms. The van der Waals surface area contributed by atoms with Crippen LogP contribution in [0.5, 0.6) is 0 Å². The van der Waals surface area contributed by atoms with E-state index in [-0.39, 0.29) is 12.5 Å². The number of allylic oxidation sites excluding steroid dienone is 4. The Morgan fingerprint density at radius 2 is 2.07 bits per heavy atom. The van der Waals surface area contributed by atoms with E-state index < -0.39 is 11.8 Å². The van der Waals surface area contributed by atoms with Crippen molar-refractivity contribution in [3.8, 4) is 0 Å². The molecule has 1 saturated heterocycles. The number of ether oxygens (including phenoxy) is 2. The van der Waals surface area contributed by atoms with Gasteiger partial charge in [-0.15, -0.1) is 0 Å². The molecule has 1 atom stereocenters. The Hall–Kier alpha value is -2.70. The van der Waals surface area contributed by atoms with Gasteiger partial charge in [-0.3, -0.25) is 4.79 Å². The van der Waals surface area contributed by atoms with E-state index in [1.165, 1.54) is 19.9 Å². The Bertz CT molecular complexity index is 736. The van der Waals surface area contributed by atoms with Gasteiger partial charge in [-0.25, -0.2) is 14.4 Å². The number of nitrogens with zero attached hydrogens (tertiary/aromatic N) is 3. The van der Waals surface area contributed by atoms with Gasteiger partial charge in [0.05, 0.1) is 23.8 Å². The lowest BCUT2D eigenvalue weighted by Crippen LogP contribution is -2.30. The van der Waals surface area contributed by atoms with E-state index in [4.69, 9.17) is 9.47 Å². The molecule has 1 aliphatic rings. The maximum atomic E-state index is 13.5. The summed E-state index contributed by atoms with van der Waals surface area (Å²) in [5.41, 5.74) is -0.755. The largest absolute Gasteiger partial charge is 0.495 e. The minimum absolute atomic E-state index is 0.0395. The fourth-order valence-corrected chi connectivity index (χ4v) is 2.40. The van der Waals surface area contributed by atoms with Crippen molar-refractivity contribution in [3.63, 3.8) is 0 Å². The van der Waals surface area contributed by atoms with Crippen LogP contribution in [-0.2, 0) is 14.3 Å². The second-order valence-corrected chi connectivity index (χ2v) is 6.93. The van der Waals surface area contributed by atoms with Crippen molar-refractivity contribution < 1.29 is 18.7 Å². The predicted molar refractivity (Wildman–Crippen MR) is 102 cm³/mol. The number of amides is 1. The summed E-state index contributed by atoms with van der Waals surface area (Å²) in [5.74, 6) is 1.49. The van der Waals surface area contributed by atoms with Crippen LogP contribution in [0.1, 0.15) is 33.0 Å². The minimum Gasteiger partial charge on any atom is -0.495 e. The molecule has 2 heterocycles. The number of carbonyl (C=O) groups excluding carboxylic acids is 1. The molecule has 1 aromatic rings. The van der Waals surface area contributed by atoms with E-state index in [2.05, 4.69) is 16.5 Å². The van der Waals surface area contributed by atoms with Gasteiger partial charge in [0.2, 0.25) is 0 Å². The Labute approximate surface area is 159 Å². The first-order valence-electron chi connectivity index (χ1n) is 8.79. The van der Waals surface area contributed by atoms with Crippen LogP contribution in [0.25, 0.3) is 0 Å². The number of alkyl halides is 1. The first-order chi connectivity index (χ1) is 12.7. The Kier molecular flexibility index (Phi) is 6.71. The lowest BCUT2D eigenvalue weighted by atomic mass is 10.2. The summed E-state index contributed by atoms with van der Waals surface area (Å²) in [6.07, 6.45) is 8.04. The van der Waals surface area contributed by atoms with Crippen molar-refractivity contribution in [2.75, 3.05) is 18.1 Å². The normalized spacial score (nSPS) is 18.6. The molecule has 1 amide bonds. The molecule has 0 aliphatic carbocycles. The molecule has 0 spiro atoms. The topological polar surface area (TPSA) is 64.6 Å². The summed E-state index contributed by atoms with van der Waals surface area (Å²) in [4.78, 5) is 22.4. The lowest BCUT2D eigenvalue weighted by Gasteiger charge is -2.17. The van der Waals surface area contributed by atoms with E-state index in [1.54, 1.807) is 43.3 Å². The van der Waals surface area contributed by atoms with Crippen LogP contribution in [0.15, 0.2) is 48.7 Å². The van der Waals surface area contributed by atoms with Gasteiger partial charge in [-0.2, -0.15) is 0 Å². The van der Waals surface area contributed by atoms with Gasteiger partial charge in [0.1, 0.15) is 23.9 Å². The van der Waals surface area contributed by atoms with E-state index >= 15 is 0 Å². The number of carbonyl (C=O) groups is 1. The molecule has 1 fully saturated rings. The molecule has 0 radical (unpaired) electrons. The first kappa shape index (κ1) is 20.6. The number of aromatic nitrogens is 2. The quantitative estimate of drug-likeness (QED) is 0.513. The Morgan fingerprint density at radius 1 is 1.41 bits per heavy atom. The smallest absolute Gasteiger partial charge is 0.268 e. The van der Waals surface area contributed by atoms with E-state index in [0.29, 0.717) is 36.0 Å². The number of aryl methyl sites for hydroxylation is 1. The van der Waals surface area contributed by atoms with Crippen LogP contribution in [0.3, 0.4) is 0 Å². The second kappa shape index (κ2) is 8.79. The zero-order chi connectivity index (χ0) is 20.0. The van der Waals surface area contributed by atoms with Crippen molar-refractivity contribution >= 4 is 11.6 Å². The van der Waals surface area contributed by atoms with Crippen LogP contribution in [0, 0.1) is 6.92 Å². The van der Waals surface area contributed by atoms with Gasteiger partial charge >= 0.3 is 0 Å². The fraction of sp³-hybridized carbons (Fsp3) is 0.450. The predicted octanol–water partition coefficient (Wildman–Crippen LogP) is 3.65. The van der Waals surface area contributed by atoms with Crippen molar-refractivity contribution in [1.82, 2.24) is 9.97 Å². The number of hydrogen-bond acceptors (Lipinski definition) is 5. The van der Waals surface area contributed by atoms with Crippen molar-refractivity contribution in [1.29, 1.82) is 0 Å². The fourth-order valence-electron chi connectivity index (χ4n) is 2.40. The molecular weight excluding hydrogens is 349 g/mol. The molecule has 1 aliphatic heterocycles. The van der Waals surface area contributed by atoms with E-state index in [0.717, 1.165) is 0 Å². The zero-order valence-electron chi connectivity index (χ0n) is 16.2. The number of halogens is 1. The van der Waals surface area contributed by atoms with Gasteiger partial charge in [-0.1, -0.05) is 6.58 Å². The third-order valence-electron chi connectivity index (χ3n) is 3.84. The van der Waals surface area contributed by atoms with Gasteiger partial charge in [-0.05, 0) is 45.9 Å². The molecule has 0 N–H and O–H groups in total. The summed E-state index contributed by atoms with van der Waals surface area (Å²) in [7, 11) is 0. The standard InChI is InChI=1S/C20H26FN3O3/c1-6-17(8-7-14(2)26-13-20(4,5)21)27-18-9-10-24(19(18)25)16-11-22-15(3)23-12-16/h6-8,11-12,18H,1,9-10,13H2,2-5H3/b14-7+,17-8+/t18-/m1/s1. The van der Waals surface area contributed by atoms with Gasteiger partial charge in [0, 0.05) is 13.0 Å². The maximum Gasteiger partial charge on any atom is 0.268 e. The van der Waals surface area contributed by atoms with E-state index in [9.17, 15) is 9.18 Å². The molecule has 146 valence electrons. The summed E-state index contributed by atoms with van der Waals surface area (Å²) in [6.45, 7) is 10.6. The average Bonchev–Trinajstić information content (AvgIpc) is 2.97. The van der Waals surface area contributed by atoms with Crippen LogP contribution in [-0.4, -0.2) is 40.8 Å². The van der Waals surface area contributed by atoms with Crippen LogP contribution in [0.2, 0.25) is 0 Å². The summed E-state index contributed by atoms with van der Waals surface area (Å²) >= 11 is 0. The van der Waals surface area contributed by atoms with Crippen molar-refractivity contribution in [2.24, 2.45) is 0 Å². The summed E-state index contributed by atoms with van der Waals surface area (Å²) < 4.78 is 24.6. The van der Waals surface area contributed by atoms with Gasteiger partial charge in [0.25, 0.3) is 5.91 Å². The lowest BCUT2D eigenvalue weighted by molar-refractivity contribution is -0.124. The van der Waals surface area contributed by atoms with Gasteiger partial charge < -0.3 is 14.4 Å². The highest BCUT2D eigenvalue weighted by molar-refractivity contribution is 5.98. The third-order valence-corrected chi connectivity index (χ3v) is 3.84. The second-order valence-electron chi connectivity index (χ2n) is 6.93. The minimum atomic E-state index is -1.41. The first-order valence-corrected chi connectivity index (χ1v) is 8.79. The number of anilines is 1. The molecular formula is C20H26FN3O3. The molecule has 0 unspecified atom stereocenters. The van der Waals surface area contributed by atoms with Crippen molar-refractivity contribution in [3.05, 3.63) is 54.5 Å². The molecule has 1 aromatic heterocycles.